The lowest BCUT2D eigenvalue weighted by Crippen LogP contribution is -2.24. The summed E-state index contributed by atoms with van der Waals surface area (Å²) in [6.45, 7) is 0. The molecule has 0 unspecified atom stereocenters. The van der Waals surface area contributed by atoms with Crippen LogP contribution in [0.15, 0.2) is 15.6 Å². The van der Waals surface area contributed by atoms with Crippen LogP contribution in [0, 0.1) is 5.82 Å². The Bertz CT molecular complexity index is 467. The van der Waals surface area contributed by atoms with Gasteiger partial charge >= 0.3 is 6.03 Å². The van der Waals surface area contributed by atoms with Crippen molar-refractivity contribution < 1.29 is 9.18 Å². The van der Waals surface area contributed by atoms with Gasteiger partial charge in [0, 0.05) is 4.47 Å². The zero-order valence-corrected chi connectivity index (χ0v) is 10.7. The molecule has 0 aliphatic heterocycles. The zero-order valence-electron chi connectivity index (χ0n) is 7.60. The number of nitrogens with zero attached hydrogens (tertiary/aromatic N) is 1. The average Bonchev–Trinajstić information content (AvgIpc) is 2.19. The maximum Gasteiger partial charge on any atom is 0.332 e. The summed E-state index contributed by atoms with van der Waals surface area (Å²) in [5, 5.41) is 3.37. The summed E-state index contributed by atoms with van der Waals surface area (Å²) in [7, 11) is 0. The molecule has 0 aliphatic rings. The van der Waals surface area contributed by atoms with Crippen molar-refractivity contribution in [2.45, 2.75) is 0 Å². The summed E-state index contributed by atoms with van der Waals surface area (Å²) >= 11 is 14.4. The Balaban J connectivity index is 3.09. The Kier molecular flexibility index (Phi) is 4.52. The van der Waals surface area contributed by atoms with E-state index in [1.807, 2.05) is 5.43 Å². The van der Waals surface area contributed by atoms with E-state index < -0.39 is 11.8 Å². The second-order valence-electron chi connectivity index (χ2n) is 2.62. The van der Waals surface area contributed by atoms with Gasteiger partial charge in [0.15, 0.2) is 5.82 Å². The van der Waals surface area contributed by atoms with Gasteiger partial charge < -0.3 is 5.73 Å². The van der Waals surface area contributed by atoms with Crippen LogP contribution in [0.5, 0.6) is 0 Å². The first kappa shape index (κ1) is 13.2. The third kappa shape index (κ3) is 3.07. The molecule has 0 atom stereocenters. The van der Waals surface area contributed by atoms with Crippen LogP contribution in [0.1, 0.15) is 5.56 Å². The molecule has 16 heavy (non-hydrogen) atoms. The van der Waals surface area contributed by atoms with E-state index in [4.69, 9.17) is 28.9 Å². The number of rotatable bonds is 2. The number of carbonyl (C=O) groups is 1. The van der Waals surface area contributed by atoms with E-state index in [2.05, 4.69) is 21.0 Å². The molecular weight excluding hydrogens is 324 g/mol. The van der Waals surface area contributed by atoms with Crippen LogP contribution in [0.3, 0.4) is 0 Å². The van der Waals surface area contributed by atoms with Crippen LogP contribution in [-0.4, -0.2) is 12.2 Å². The van der Waals surface area contributed by atoms with Gasteiger partial charge in [-0.15, -0.1) is 0 Å². The van der Waals surface area contributed by atoms with Gasteiger partial charge in [0.1, 0.15) is 0 Å². The standard InChI is InChI=1S/C8H5BrCl2FN3O/c9-4-1-5(10)3(7(12)6(4)11)2-14-15-8(13)16/h1-2H,(H3,13,15,16). The van der Waals surface area contributed by atoms with Crippen LogP contribution in [0.2, 0.25) is 10.0 Å². The van der Waals surface area contributed by atoms with Gasteiger partial charge in [-0.3, -0.25) is 0 Å². The van der Waals surface area contributed by atoms with E-state index in [9.17, 15) is 9.18 Å². The normalized spacial score (nSPS) is 10.8. The Morgan fingerprint density at radius 2 is 2.25 bits per heavy atom. The number of nitrogens with one attached hydrogen (secondary N) is 1. The number of hydrogen-bond acceptors (Lipinski definition) is 2. The van der Waals surface area contributed by atoms with Crippen LogP contribution in [-0.2, 0) is 0 Å². The SMILES string of the molecule is NC(=O)NN=Cc1c(Cl)cc(Br)c(Cl)c1F. The second kappa shape index (κ2) is 5.47. The summed E-state index contributed by atoms with van der Waals surface area (Å²) < 4.78 is 13.9. The molecule has 0 heterocycles. The molecule has 0 spiro atoms. The van der Waals surface area contributed by atoms with E-state index >= 15 is 0 Å². The molecule has 86 valence electrons. The van der Waals surface area contributed by atoms with Crippen molar-refractivity contribution in [2.75, 3.05) is 0 Å². The van der Waals surface area contributed by atoms with Gasteiger partial charge in [-0.05, 0) is 22.0 Å². The molecule has 0 bridgehead atoms. The molecular formula is C8H5BrCl2FN3O. The predicted octanol–water partition coefficient (Wildman–Crippen LogP) is 2.90. The van der Waals surface area contributed by atoms with Crippen molar-refractivity contribution in [2.24, 2.45) is 10.8 Å². The van der Waals surface area contributed by atoms with Gasteiger partial charge in [0.25, 0.3) is 0 Å². The zero-order chi connectivity index (χ0) is 12.3. The highest BCUT2D eigenvalue weighted by Gasteiger charge is 2.13. The molecule has 0 aromatic heterocycles. The first-order valence-electron chi connectivity index (χ1n) is 3.85. The number of hydrogen-bond donors (Lipinski definition) is 2. The van der Waals surface area contributed by atoms with Crippen LogP contribution >= 0.6 is 39.1 Å². The third-order valence-electron chi connectivity index (χ3n) is 1.52. The van der Waals surface area contributed by atoms with Crippen LogP contribution in [0.25, 0.3) is 0 Å². The van der Waals surface area contributed by atoms with Gasteiger partial charge in [-0.2, -0.15) is 5.10 Å². The Morgan fingerprint density at radius 1 is 1.62 bits per heavy atom. The molecule has 4 nitrogen and oxygen atoms in total. The lowest BCUT2D eigenvalue weighted by atomic mass is 10.2. The number of halogens is 4. The van der Waals surface area contributed by atoms with Crippen molar-refractivity contribution in [1.29, 1.82) is 0 Å². The Morgan fingerprint density at radius 3 is 2.81 bits per heavy atom. The second-order valence-corrected chi connectivity index (χ2v) is 4.26. The molecule has 1 aromatic rings. The molecule has 0 radical (unpaired) electrons. The Hall–Kier alpha value is -0.850. The molecule has 0 saturated heterocycles. The van der Waals surface area contributed by atoms with Gasteiger partial charge in [-0.1, -0.05) is 23.2 Å². The number of amides is 2. The minimum Gasteiger partial charge on any atom is -0.350 e. The quantitative estimate of drug-likeness (QED) is 0.373. The van der Waals surface area contributed by atoms with Crippen LogP contribution < -0.4 is 11.2 Å². The summed E-state index contributed by atoms with van der Waals surface area (Å²) in [5.41, 5.74) is 6.64. The molecule has 0 fully saturated rings. The summed E-state index contributed by atoms with van der Waals surface area (Å²) in [6, 6.07) is 0.550. The first-order chi connectivity index (χ1) is 7.43. The van der Waals surface area contributed by atoms with Crippen molar-refractivity contribution in [3.8, 4) is 0 Å². The fourth-order valence-corrected chi connectivity index (χ4v) is 1.79. The fraction of sp³-hybridized carbons (Fsp3) is 0. The largest absolute Gasteiger partial charge is 0.350 e. The minimum absolute atomic E-state index is 0.0383. The number of urea groups is 1. The minimum atomic E-state index is -0.865. The molecule has 2 amide bonds. The molecule has 0 aliphatic carbocycles. The van der Waals surface area contributed by atoms with E-state index in [0.717, 1.165) is 6.21 Å². The molecule has 3 N–H and O–H groups in total. The predicted molar refractivity (Wildman–Crippen MR) is 64.4 cm³/mol. The van der Waals surface area contributed by atoms with Gasteiger partial charge in [0.05, 0.1) is 21.8 Å². The summed E-state index contributed by atoms with van der Waals surface area (Å²) in [5.74, 6) is -0.740. The number of carbonyl (C=O) groups excluding carboxylic acids is 1. The fourth-order valence-electron chi connectivity index (χ4n) is 0.859. The highest BCUT2D eigenvalue weighted by Crippen LogP contribution is 2.31. The Labute approximate surface area is 109 Å². The maximum absolute atomic E-state index is 13.6. The highest BCUT2D eigenvalue weighted by atomic mass is 79.9. The monoisotopic (exact) mass is 327 g/mol. The van der Waals surface area contributed by atoms with E-state index in [0.29, 0.717) is 4.47 Å². The van der Waals surface area contributed by atoms with E-state index in [-0.39, 0.29) is 15.6 Å². The van der Waals surface area contributed by atoms with Crippen molar-refractivity contribution in [3.63, 3.8) is 0 Å². The van der Waals surface area contributed by atoms with Crippen molar-refractivity contribution >= 4 is 51.4 Å². The van der Waals surface area contributed by atoms with Crippen molar-refractivity contribution in [3.05, 3.63) is 32.0 Å². The van der Waals surface area contributed by atoms with Crippen LogP contribution in [0.4, 0.5) is 9.18 Å². The van der Waals surface area contributed by atoms with Gasteiger partial charge in [0.2, 0.25) is 0 Å². The average molecular weight is 329 g/mol. The number of primary amides is 1. The summed E-state index contributed by atoms with van der Waals surface area (Å²) in [6.07, 6.45) is 1.01. The molecule has 8 heteroatoms. The lowest BCUT2D eigenvalue weighted by molar-refractivity contribution is 0.249. The molecule has 0 saturated carbocycles. The number of benzene rings is 1. The number of hydrazone groups is 1. The first-order valence-corrected chi connectivity index (χ1v) is 5.40. The maximum atomic E-state index is 13.6. The van der Waals surface area contributed by atoms with Crippen molar-refractivity contribution in [1.82, 2.24) is 5.43 Å². The topological polar surface area (TPSA) is 67.5 Å². The summed E-state index contributed by atoms with van der Waals surface area (Å²) in [4.78, 5) is 10.3. The highest BCUT2D eigenvalue weighted by molar-refractivity contribution is 9.10. The molecule has 1 rings (SSSR count). The lowest BCUT2D eigenvalue weighted by Gasteiger charge is -2.04. The van der Waals surface area contributed by atoms with E-state index in [1.54, 1.807) is 0 Å². The van der Waals surface area contributed by atoms with Gasteiger partial charge in [-0.25, -0.2) is 14.6 Å². The number of nitrogens with two attached hydrogens (primary N) is 1. The third-order valence-corrected chi connectivity index (χ3v) is 3.05. The smallest absolute Gasteiger partial charge is 0.332 e. The molecule has 1 aromatic carbocycles. The van der Waals surface area contributed by atoms with E-state index in [1.165, 1.54) is 6.07 Å².